The second-order valence-corrected chi connectivity index (χ2v) is 5.03. The summed E-state index contributed by atoms with van der Waals surface area (Å²) in [5, 5.41) is 3.22. The van der Waals surface area contributed by atoms with E-state index >= 15 is 0 Å². The van der Waals surface area contributed by atoms with E-state index in [4.69, 9.17) is 0 Å². The molecule has 1 aliphatic carbocycles. The van der Waals surface area contributed by atoms with Gasteiger partial charge >= 0.3 is 0 Å². The lowest BCUT2D eigenvalue weighted by atomic mass is 9.89. The van der Waals surface area contributed by atoms with E-state index < -0.39 is 0 Å². The van der Waals surface area contributed by atoms with Gasteiger partial charge in [0.1, 0.15) is 0 Å². The molecule has 2 saturated heterocycles. The highest BCUT2D eigenvalue weighted by atomic mass is 35.5. The third-order valence-corrected chi connectivity index (χ3v) is 4.10. The third-order valence-electron chi connectivity index (χ3n) is 4.10. The molecule has 2 heterocycles. The lowest BCUT2D eigenvalue weighted by molar-refractivity contribution is -0.143. The Hall–Kier alpha value is -0.280. The molecule has 1 saturated carbocycles. The number of halogens is 1. The van der Waals surface area contributed by atoms with E-state index in [2.05, 4.69) is 10.2 Å². The largest absolute Gasteiger partial charge is 0.339 e. The van der Waals surface area contributed by atoms with Crippen molar-refractivity contribution in [3.63, 3.8) is 0 Å². The Morgan fingerprint density at radius 1 is 1.33 bits per heavy atom. The lowest BCUT2D eigenvalue weighted by Gasteiger charge is -2.45. The molecule has 3 nitrogen and oxygen atoms in total. The summed E-state index contributed by atoms with van der Waals surface area (Å²) < 4.78 is 0. The van der Waals surface area contributed by atoms with Crippen LogP contribution < -0.4 is 5.32 Å². The molecule has 1 N–H and O–H groups in total. The summed E-state index contributed by atoms with van der Waals surface area (Å²) in [5.41, 5.74) is 0. The number of nitrogens with one attached hydrogen (secondary N) is 1. The fourth-order valence-corrected chi connectivity index (χ4v) is 3.03. The van der Waals surface area contributed by atoms with Crippen LogP contribution in [0, 0.1) is 11.8 Å². The molecule has 2 unspecified atom stereocenters. The number of rotatable bonds is 2. The molecule has 4 heteroatoms. The first kappa shape index (κ1) is 11.2. The van der Waals surface area contributed by atoms with Gasteiger partial charge in [-0.3, -0.25) is 4.79 Å². The number of carbonyl (C=O) groups excluding carboxylic acids is 1. The molecule has 1 amide bonds. The van der Waals surface area contributed by atoms with Gasteiger partial charge in [-0.25, -0.2) is 0 Å². The molecule has 0 radical (unpaired) electrons. The molecule has 15 heavy (non-hydrogen) atoms. The molecule has 0 aromatic carbocycles. The molecule has 86 valence electrons. The molecule has 0 spiro atoms. The van der Waals surface area contributed by atoms with Gasteiger partial charge in [-0.2, -0.15) is 0 Å². The zero-order chi connectivity index (χ0) is 9.54. The van der Waals surface area contributed by atoms with Crippen molar-refractivity contribution in [1.29, 1.82) is 0 Å². The molecule has 2 aliphatic heterocycles. The molecule has 3 fully saturated rings. The Balaban J connectivity index is 0.000000853. The molecule has 0 bridgehead atoms. The van der Waals surface area contributed by atoms with Crippen LogP contribution in [0.25, 0.3) is 0 Å². The predicted octanol–water partition coefficient (Wildman–Crippen LogP) is 1.03. The Morgan fingerprint density at radius 2 is 2.13 bits per heavy atom. The van der Waals surface area contributed by atoms with E-state index in [1.54, 1.807) is 0 Å². The number of hydrogen-bond donors (Lipinski definition) is 1. The maximum atomic E-state index is 11.9. The van der Waals surface area contributed by atoms with Gasteiger partial charge in [-0.1, -0.05) is 6.42 Å². The Bertz CT molecular complexity index is 255. The van der Waals surface area contributed by atoms with Gasteiger partial charge in [0.05, 0.1) is 0 Å². The highest BCUT2D eigenvalue weighted by molar-refractivity contribution is 5.85. The lowest BCUT2D eigenvalue weighted by Crippen LogP contribution is -2.57. The summed E-state index contributed by atoms with van der Waals surface area (Å²) >= 11 is 0. The zero-order valence-corrected chi connectivity index (χ0v) is 9.76. The monoisotopic (exact) mass is 230 g/mol. The van der Waals surface area contributed by atoms with Crippen LogP contribution in [0.2, 0.25) is 0 Å². The van der Waals surface area contributed by atoms with Crippen molar-refractivity contribution in [1.82, 2.24) is 10.2 Å². The SMILES string of the molecule is Cl.O=C(CC1CNC1)N1CC2CCCC21. The summed E-state index contributed by atoms with van der Waals surface area (Å²) in [7, 11) is 0. The molecule has 0 aromatic heterocycles. The van der Waals surface area contributed by atoms with Gasteiger partial charge in [-0.15, -0.1) is 12.4 Å². The maximum absolute atomic E-state index is 11.9. The second kappa shape index (κ2) is 4.30. The van der Waals surface area contributed by atoms with Crippen molar-refractivity contribution in [3.8, 4) is 0 Å². The van der Waals surface area contributed by atoms with E-state index in [0.717, 1.165) is 32.0 Å². The van der Waals surface area contributed by atoms with Crippen LogP contribution in [-0.2, 0) is 4.79 Å². The fraction of sp³-hybridized carbons (Fsp3) is 0.909. The van der Waals surface area contributed by atoms with Crippen LogP contribution in [-0.4, -0.2) is 36.5 Å². The first-order valence-corrected chi connectivity index (χ1v) is 5.85. The van der Waals surface area contributed by atoms with Crippen LogP contribution in [0.1, 0.15) is 25.7 Å². The average molecular weight is 231 g/mol. The molecule has 3 rings (SSSR count). The first-order valence-electron chi connectivity index (χ1n) is 5.85. The molecule has 3 aliphatic rings. The van der Waals surface area contributed by atoms with E-state index in [-0.39, 0.29) is 12.4 Å². The standard InChI is InChI=1S/C11H18N2O.ClH/c14-11(4-8-5-12-6-8)13-7-9-2-1-3-10(9)13;/h8-10,12H,1-7H2;1H. The highest BCUT2D eigenvalue weighted by Crippen LogP contribution is 2.39. The summed E-state index contributed by atoms with van der Waals surface area (Å²) in [4.78, 5) is 14.0. The number of amides is 1. The number of fused-ring (bicyclic) bond motifs is 1. The minimum absolute atomic E-state index is 0. The smallest absolute Gasteiger partial charge is 0.223 e. The van der Waals surface area contributed by atoms with Crippen molar-refractivity contribution in [3.05, 3.63) is 0 Å². The number of likely N-dealkylation sites (tertiary alicyclic amines) is 1. The van der Waals surface area contributed by atoms with Crippen LogP contribution >= 0.6 is 12.4 Å². The molecular formula is C11H19ClN2O. The fourth-order valence-electron chi connectivity index (χ4n) is 3.03. The van der Waals surface area contributed by atoms with Crippen molar-refractivity contribution < 1.29 is 4.79 Å². The zero-order valence-electron chi connectivity index (χ0n) is 8.95. The van der Waals surface area contributed by atoms with E-state index in [9.17, 15) is 4.79 Å². The summed E-state index contributed by atoms with van der Waals surface area (Å²) in [6.07, 6.45) is 4.75. The van der Waals surface area contributed by atoms with Crippen molar-refractivity contribution >= 4 is 18.3 Å². The van der Waals surface area contributed by atoms with Crippen LogP contribution in [0.3, 0.4) is 0 Å². The van der Waals surface area contributed by atoms with E-state index in [0.29, 0.717) is 17.9 Å². The Morgan fingerprint density at radius 3 is 2.73 bits per heavy atom. The highest BCUT2D eigenvalue weighted by Gasteiger charge is 2.44. The van der Waals surface area contributed by atoms with Crippen LogP contribution in [0.5, 0.6) is 0 Å². The maximum Gasteiger partial charge on any atom is 0.223 e. The Kier molecular flexibility index (Phi) is 3.21. The van der Waals surface area contributed by atoms with Gasteiger partial charge in [-0.05, 0) is 37.8 Å². The van der Waals surface area contributed by atoms with Gasteiger partial charge in [0.25, 0.3) is 0 Å². The third kappa shape index (κ3) is 1.87. The topological polar surface area (TPSA) is 32.3 Å². The van der Waals surface area contributed by atoms with Gasteiger partial charge in [0.15, 0.2) is 0 Å². The van der Waals surface area contributed by atoms with Gasteiger partial charge in [0.2, 0.25) is 5.91 Å². The number of carbonyl (C=O) groups is 1. The predicted molar refractivity (Wildman–Crippen MR) is 61.1 cm³/mol. The number of hydrogen-bond acceptors (Lipinski definition) is 2. The van der Waals surface area contributed by atoms with Crippen LogP contribution in [0.4, 0.5) is 0 Å². The Labute approximate surface area is 97.0 Å². The van der Waals surface area contributed by atoms with E-state index in [1.165, 1.54) is 19.3 Å². The molecule has 0 aromatic rings. The minimum Gasteiger partial charge on any atom is -0.339 e. The summed E-state index contributed by atoms with van der Waals surface area (Å²) in [6.45, 7) is 3.16. The van der Waals surface area contributed by atoms with Gasteiger partial charge < -0.3 is 10.2 Å². The van der Waals surface area contributed by atoms with Crippen molar-refractivity contribution in [2.75, 3.05) is 19.6 Å². The van der Waals surface area contributed by atoms with E-state index in [1.807, 2.05) is 0 Å². The summed E-state index contributed by atoms with van der Waals surface area (Å²) in [5.74, 6) is 1.90. The molecular weight excluding hydrogens is 212 g/mol. The quantitative estimate of drug-likeness (QED) is 0.769. The van der Waals surface area contributed by atoms with Crippen molar-refractivity contribution in [2.45, 2.75) is 31.7 Å². The first-order chi connectivity index (χ1) is 6.84. The minimum atomic E-state index is 0. The summed E-state index contributed by atoms with van der Waals surface area (Å²) in [6, 6.07) is 0.635. The van der Waals surface area contributed by atoms with Crippen molar-refractivity contribution in [2.24, 2.45) is 11.8 Å². The second-order valence-electron chi connectivity index (χ2n) is 5.03. The average Bonchev–Trinajstić information content (AvgIpc) is 2.41. The van der Waals surface area contributed by atoms with Gasteiger partial charge in [0, 0.05) is 19.0 Å². The molecule has 2 atom stereocenters. The number of nitrogens with zero attached hydrogens (tertiary/aromatic N) is 1. The van der Waals surface area contributed by atoms with Crippen LogP contribution in [0.15, 0.2) is 0 Å². The normalized spacial score (nSPS) is 33.7.